The molecule has 0 radical (unpaired) electrons. The SMILES string of the molecule is O=C(O)C1CCC(CNCc2cccc3c2OCO3)O1. The van der Waals surface area contributed by atoms with E-state index in [1.807, 2.05) is 18.2 Å². The third kappa shape index (κ3) is 2.71. The molecule has 2 atom stereocenters. The number of carboxylic acid groups (broad SMARTS) is 1. The Balaban J connectivity index is 1.49. The van der Waals surface area contributed by atoms with E-state index in [2.05, 4.69) is 5.32 Å². The Morgan fingerprint density at radius 3 is 3.05 bits per heavy atom. The van der Waals surface area contributed by atoms with Crippen LogP contribution in [0.4, 0.5) is 0 Å². The molecule has 0 spiro atoms. The lowest BCUT2D eigenvalue weighted by molar-refractivity contribution is -0.149. The second-order valence-corrected chi connectivity index (χ2v) is 4.94. The zero-order valence-corrected chi connectivity index (χ0v) is 11.0. The Bertz CT molecular complexity index is 504. The average molecular weight is 279 g/mol. The van der Waals surface area contributed by atoms with Crippen molar-refractivity contribution in [2.24, 2.45) is 0 Å². The number of carboxylic acids is 1. The van der Waals surface area contributed by atoms with Crippen molar-refractivity contribution in [2.45, 2.75) is 31.6 Å². The smallest absolute Gasteiger partial charge is 0.332 e. The minimum atomic E-state index is -0.876. The summed E-state index contributed by atoms with van der Waals surface area (Å²) >= 11 is 0. The fraction of sp³-hybridized carbons (Fsp3) is 0.500. The van der Waals surface area contributed by atoms with Gasteiger partial charge in [-0.1, -0.05) is 12.1 Å². The second kappa shape index (κ2) is 5.68. The molecule has 0 bridgehead atoms. The molecule has 2 aliphatic rings. The summed E-state index contributed by atoms with van der Waals surface area (Å²) in [5.41, 5.74) is 1.03. The molecule has 1 saturated heterocycles. The Labute approximate surface area is 116 Å². The van der Waals surface area contributed by atoms with Gasteiger partial charge in [0.25, 0.3) is 0 Å². The van der Waals surface area contributed by atoms with Crippen molar-refractivity contribution < 1.29 is 24.1 Å². The molecule has 3 rings (SSSR count). The quantitative estimate of drug-likeness (QED) is 0.841. The van der Waals surface area contributed by atoms with Crippen LogP contribution in [0.3, 0.4) is 0 Å². The third-order valence-corrected chi connectivity index (χ3v) is 3.55. The lowest BCUT2D eigenvalue weighted by atomic mass is 10.1. The number of hydrogen-bond donors (Lipinski definition) is 2. The lowest BCUT2D eigenvalue weighted by Crippen LogP contribution is -2.28. The molecule has 2 N–H and O–H groups in total. The number of fused-ring (bicyclic) bond motifs is 1. The zero-order valence-electron chi connectivity index (χ0n) is 11.0. The molecule has 108 valence electrons. The highest BCUT2D eigenvalue weighted by Crippen LogP contribution is 2.35. The number of benzene rings is 1. The normalized spacial score (nSPS) is 24.0. The molecule has 1 aromatic carbocycles. The first-order valence-electron chi connectivity index (χ1n) is 6.70. The van der Waals surface area contributed by atoms with Crippen LogP contribution in [-0.4, -0.2) is 36.6 Å². The van der Waals surface area contributed by atoms with Gasteiger partial charge in [0.15, 0.2) is 17.6 Å². The van der Waals surface area contributed by atoms with Crippen molar-refractivity contribution in [1.29, 1.82) is 0 Å². The van der Waals surface area contributed by atoms with E-state index in [1.165, 1.54) is 0 Å². The predicted octanol–water partition coefficient (Wildman–Crippen LogP) is 1.14. The Morgan fingerprint density at radius 2 is 2.25 bits per heavy atom. The Hall–Kier alpha value is -1.79. The van der Waals surface area contributed by atoms with Crippen molar-refractivity contribution in [3.63, 3.8) is 0 Å². The molecule has 0 amide bonds. The first-order valence-corrected chi connectivity index (χ1v) is 6.70. The van der Waals surface area contributed by atoms with Crippen molar-refractivity contribution >= 4 is 5.97 Å². The number of ether oxygens (including phenoxy) is 3. The minimum absolute atomic E-state index is 0.0370. The van der Waals surface area contributed by atoms with Gasteiger partial charge in [-0.2, -0.15) is 0 Å². The molecule has 1 fully saturated rings. The van der Waals surface area contributed by atoms with Crippen LogP contribution in [0.15, 0.2) is 18.2 Å². The summed E-state index contributed by atoms with van der Waals surface area (Å²) < 4.78 is 16.2. The number of aliphatic carboxylic acids is 1. The maximum absolute atomic E-state index is 10.8. The van der Waals surface area contributed by atoms with Gasteiger partial charge in [0.05, 0.1) is 6.10 Å². The Morgan fingerprint density at radius 1 is 1.35 bits per heavy atom. The van der Waals surface area contributed by atoms with Gasteiger partial charge in [-0.25, -0.2) is 4.79 Å². The summed E-state index contributed by atoms with van der Waals surface area (Å²) in [7, 11) is 0. The highest BCUT2D eigenvalue weighted by molar-refractivity contribution is 5.72. The molecule has 2 unspecified atom stereocenters. The number of rotatable bonds is 5. The number of carbonyl (C=O) groups is 1. The van der Waals surface area contributed by atoms with Gasteiger partial charge in [-0.3, -0.25) is 0 Å². The number of para-hydroxylation sites is 1. The first kappa shape index (κ1) is 13.2. The van der Waals surface area contributed by atoms with E-state index in [-0.39, 0.29) is 12.9 Å². The maximum Gasteiger partial charge on any atom is 0.332 e. The van der Waals surface area contributed by atoms with Gasteiger partial charge >= 0.3 is 5.97 Å². The zero-order chi connectivity index (χ0) is 13.9. The molecule has 20 heavy (non-hydrogen) atoms. The van der Waals surface area contributed by atoms with Crippen LogP contribution in [-0.2, 0) is 16.1 Å². The van der Waals surface area contributed by atoms with Crippen LogP contribution < -0.4 is 14.8 Å². The fourth-order valence-electron chi connectivity index (χ4n) is 2.54. The highest BCUT2D eigenvalue weighted by Gasteiger charge is 2.30. The van der Waals surface area contributed by atoms with E-state index in [9.17, 15) is 4.79 Å². The topological polar surface area (TPSA) is 77.0 Å². The monoisotopic (exact) mass is 279 g/mol. The molecule has 0 aliphatic carbocycles. The van der Waals surface area contributed by atoms with Crippen LogP contribution in [0.1, 0.15) is 18.4 Å². The molecular formula is C14H17NO5. The van der Waals surface area contributed by atoms with Gasteiger partial charge in [-0.05, 0) is 18.9 Å². The van der Waals surface area contributed by atoms with Crippen LogP contribution in [0.25, 0.3) is 0 Å². The van der Waals surface area contributed by atoms with Gasteiger partial charge in [0.1, 0.15) is 0 Å². The van der Waals surface area contributed by atoms with E-state index < -0.39 is 12.1 Å². The summed E-state index contributed by atoms with van der Waals surface area (Å²) in [6.45, 7) is 1.54. The number of nitrogens with one attached hydrogen (secondary N) is 1. The van der Waals surface area contributed by atoms with Crippen molar-refractivity contribution in [2.75, 3.05) is 13.3 Å². The van der Waals surface area contributed by atoms with Crippen molar-refractivity contribution in [1.82, 2.24) is 5.32 Å². The van der Waals surface area contributed by atoms with E-state index in [4.69, 9.17) is 19.3 Å². The largest absolute Gasteiger partial charge is 0.479 e. The van der Waals surface area contributed by atoms with Crippen LogP contribution in [0, 0.1) is 0 Å². The summed E-state index contributed by atoms with van der Waals surface area (Å²) in [6, 6.07) is 5.79. The standard InChI is InChI=1S/C14H17NO5/c16-14(17)12-5-4-10(20-12)7-15-6-9-2-1-3-11-13(9)19-8-18-11/h1-3,10,12,15H,4-8H2,(H,16,17). The molecule has 2 aliphatic heterocycles. The third-order valence-electron chi connectivity index (χ3n) is 3.55. The summed E-state index contributed by atoms with van der Waals surface area (Å²) in [6.07, 6.45) is 0.667. The summed E-state index contributed by atoms with van der Waals surface area (Å²) in [5, 5.41) is 12.1. The van der Waals surface area contributed by atoms with Gasteiger partial charge in [-0.15, -0.1) is 0 Å². The van der Waals surface area contributed by atoms with Crippen molar-refractivity contribution in [3.05, 3.63) is 23.8 Å². The second-order valence-electron chi connectivity index (χ2n) is 4.94. The molecule has 6 heteroatoms. The van der Waals surface area contributed by atoms with E-state index in [0.29, 0.717) is 19.5 Å². The fourth-order valence-corrected chi connectivity index (χ4v) is 2.54. The molecule has 1 aromatic rings. The minimum Gasteiger partial charge on any atom is -0.479 e. The van der Waals surface area contributed by atoms with Crippen LogP contribution in [0.2, 0.25) is 0 Å². The van der Waals surface area contributed by atoms with Gasteiger partial charge in [0, 0.05) is 18.7 Å². The summed E-state index contributed by atoms with van der Waals surface area (Å²) in [5.74, 6) is 0.682. The molecule has 0 saturated carbocycles. The average Bonchev–Trinajstić information content (AvgIpc) is 3.07. The van der Waals surface area contributed by atoms with Gasteiger partial charge < -0.3 is 24.6 Å². The first-order chi connectivity index (χ1) is 9.74. The number of hydrogen-bond acceptors (Lipinski definition) is 5. The lowest BCUT2D eigenvalue weighted by Gasteiger charge is -2.13. The van der Waals surface area contributed by atoms with Crippen LogP contribution in [0.5, 0.6) is 11.5 Å². The van der Waals surface area contributed by atoms with E-state index >= 15 is 0 Å². The van der Waals surface area contributed by atoms with Crippen molar-refractivity contribution in [3.8, 4) is 11.5 Å². The van der Waals surface area contributed by atoms with E-state index in [0.717, 1.165) is 23.5 Å². The highest BCUT2D eigenvalue weighted by atomic mass is 16.7. The predicted molar refractivity (Wildman–Crippen MR) is 69.8 cm³/mol. The van der Waals surface area contributed by atoms with Gasteiger partial charge in [0.2, 0.25) is 6.79 Å². The van der Waals surface area contributed by atoms with E-state index in [1.54, 1.807) is 0 Å². The Kier molecular flexibility index (Phi) is 3.75. The maximum atomic E-state index is 10.8. The van der Waals surface area contributed by atoms with Crippen LogP contribution >= 0.6 is 0 Å². The molecule has 0 aromatic heterocycles. The summed E-state index contributed by atoms with van der Waals surface area (Å²) in [4.78, 5) is 10.8. The molecular weight excluding hydrogens is 262 g/mol. The molecule has 6 nitrogen and oxygen atoms in total. The molecule has 2 heterocycles.